The number of nitrogens with zero attached hydrogens (tertiary/aromatic N) is 2. The van der Waals surface area contributed by atoms with Crippen LogP contribution in [0.25, 0.3) is 0 Å². The summed E-state index contributed by atoms with van der Waals surface area (Å²) in [5.41, 5.74) is 3.47. The number of hydrogen-bond donors (Lipinski definition) is 1. The van der Waals surface area contributed by atoms with Gasteiger partial charge in [0.05, 0.1) is 24.3 Å². The molecule has 1 unspecified atom stereocenters. The minimum absolute atomic E-state index is 0.612. The van der Waals surface area contributed by atoms with E-state index in [0.717, 1.165) is 48.4 Å². The number of ether oxygens (including phenoxy) is 1. The van der Waals surface area contributed by atoms with E-state index < -0.39 is 6.10 Å². The standard InChI is InChI=1S/C13H18N2O2/c1-3-12-11(7-9(2)14-15-12)13(16)10-5-4-6-17-8-10/h7-8,13,16H,3-6H2,1-2H3. The topological polar surface area (TPSA) is 55.2 Å². The molecule has 0 aromatic carbocycles. The molecule has 2 rings (SSSR count). The maximum Gasteiger partial charge on any atom is 0.105 e. The molecule has 1 aromatic rings. The van der Waals surface area contributed by atoms with Crippen LogP contribution in [0.3, 0.4) is 0 Å². The molecule has 0 saturated carbocycles. The van der Waals surface area contributed by atoms with Crippen molar-refractivity contribution in [3.63, 3.8) is 0 Å². The van der Waals surface area contributed by atoms with E-state index in [1.165, 1.54) is 0 Å². The Hall–Kier alpha value is -1.42. The van der Waals surface area contributed by atoms with Gasteiger partial charge in [-0.3, -0.25) is 0 Å². The van der Waals surface area contributed by atoms with Crippen LogP contribution in [0.1, 0.15) is 42.8 Å². The van der Waals surface area contributed by atoms with Crippen LogP contribution in [-0.2, 0) is 11.2 Å². The van der Waals surface area contributed by atoms with E-state index in [1.807, 2.05) is 19.9 Å². The lowest BCUT2D eigenvalue weighted by atomic mass is 9.96. The van der Waals surface area contributed by atoms with Gasteiger partial charge in [-0.1, -0.05) is 6.92 Å². The highest BCUT2D eigenvalue weighted by Gasteiger charge is 2.20. The highest BCUT2D eigenvalue weighted by atomic mass is 16.5. The van der Waals surface area contributed by atoms with Crippen molar-refractivity contribution in [2.75, 3.05) is 6.61 Å². The molecule has 0 amide bonds. The first kappa shape index (κ1) is 12.0. The molecule has 92 valence electrons. The van der Waals surface area contributed by atoms with Gasteiger partial charge in [-0.15, -0.1) is 0 Å². The van der Waals surface area contributed by atoms with Gasteiger partial charge in [-0.25, -0.2) is 0 Å². The highest BCUT2D eigenvalue weighted by Crippen LogP contribution is 2.29. The molecule has 0 saturated heterocycles. The lowest BCUT2D eigenvalue weighted by Crippen LogP contribution is -2.11. The number of aromatic nitrogens is 2. The van der Waals surface area contributed by atoms with Crippen LogP contribution in [0.15, 0.2) is 17.9 Å². The molecule has 2 heterocycles. The quantitative estimate of drug-likeness (QED) is 0.870. The average Bonchev–Trinajstić information content (AvgIpc) is 2.39. The molecular formula is C13H18N2O2. The second kappa shape index (κ2) is 5.27. The van der Waals surface area contributed by atoms with Crippen molar-refractivity contribution in [3.8, 4) is 0 Å². The second-order valence-electron chi connectivity index (χ2n) is 4.31. The summed E-state index contributed by atoms with van der Waals surface area (Å²) in [6.07, 6.45) is 3.68. The maximum absolute atomic E-state index is 10.4. The van der Waals surface area contributed by atoms with Crippen LogP contribution < -0.4 is 0 Å². The van der Waals surface area contributed by atoms with E-state index in [4.69, 9.17) is 4.74 Å². The Bertz CT molecular complexity index is 429. The molecule has 4 heteroatoms. The molecule has 1 aromatic heterocycles. The van der Waals surface area contributed by atoms with Gasteiger partial charge in [0, 0.05) is 5.56 Å². The molecule has 4 nitrogen and oxygen atoms in total. The monoisotopic (exact) mass is 234 g/mol. The Morgan fingerprint density at radius 1 is 1.47 bits per heavy atom. The molecule has 0 fully saturated rings. The van der Waals surface area contributed by atoms with Crippen LogP contribution in [0.4, 0.5) is 0 Å². The predicted octanol–water partition coefficient (Wildman–Crippen LogP) is 2.08. The van der Waals surface area contributed by atoms with Gasteiger partial charge in [0.2, 0.25) is 0 Å². The van der Waals surface area contributed by atoms with E-state index >= 15 is 0 Å². The summed E-state index contributed by atoms with van der Waals surface area (Å²) in [6.45, 7) is 4.64. The summed E-state index contributed by atoms with van der Waals surface area (Å²) in [6, 6.07) is 1.91. The van der Waals surface area contributed by atoms with E-state index in [2.05, 4.69) is 10.2 Å². The fraction of sp³-hybridized carbons (Fsp3) is 0.538. The van der Waals surface area contributed by atoms with Gasteiger partial charge in [0.25, 0.3) is 0 Å². The van der Waals surface area contributed by atoms with Crippen molar-refractivity contribution in [2.24, 2.45) is 0 Å². The lowest BCUT2D eigenvalue weighted by Gasteiger charge is -2.20. The van der Waals surface area contributed by atoms with Crippen molar-refractivity contribution in [1.82, 2.24) is 10.2 Å². The van der Waals surface area contributed by atoms with Gasteiger partial charge < -0.3 is 9.84 Å². The molecule has 1 atom stereocenters. The molecular weight excluding hydrogens is 216 g/mol. The predicted molar refractivity (Wildman–Crippen MR) is 64.4 cm³/mol. The zero-order chi connectivity index (χ0) is 12.3. The SMILES string of the molecule is CCc1nnc(C)cc1C(O)C1=COCCC1. The van der Waals surface area contributed by atoms with Crippen LogP contribution in [-0.4, -0.2) is 21.9 Å². The van der Waals surface area contributed by atoms with Crippen LogP contribution in [0, 0.1) is 6.92 Å². The van der Waals surface area contributed by atoms with E-state index in [-0.39, 0.29) is 0 Å². The summed E-state index contributed by atoms with van der Waals surface area (Å²) in [5.74, 6) is 0. The molecule has 0 aliphatic carbocycles. The average molecular weight is 234 g/mol. The Morgan fingerprint density at radius 2 is 2.29 bits per heavy atom. The second-order valence-corrected chi connectivity index (χ2v) is 4.31. The molecule has 0 bridgehead atoms. The highest BCUT2D eigenvalue weighted by molar-refractivity contribution is 5.30. The zero-order valence-corrected chi connectivity index (χ0v) is 10.3. The van der Waals surface area contributed by atoms with Crippen molar-refractivity contribution in [2.45, 2.75) is 39.2 Å². The minimum atomic E-state index is -0.612. The third kappa shape index (κ3) is 2.64. The van der Waals surface area contributed by atoms with E-state index in [1.54, 1.807) is 6.26 Å². The van der Waals surface area contributed by atoms with Gasteiger partial charge in [-0.2, -0.15) is 10.2 Å². The summed E-state index contributed by atoms with van der Waals surface area (Å²) in [7, 11) is 0. The maximum atomic E-state index is 10.4. The first-order chi connectivity index (χ1) is 8.22. The van der Waals surface area contributed by atoms with E-state index in [0.29, 0.717) is 0 Å². The first-order valence-corrected chi connectivity index (χ1v) is 6.04. The van der Waals surface area contributed by atoms with Crippen molar-refractivity contribution >= 4 is 0 Å². The van der Waals surface area contributed by atoms with Crippen molar-refractivity contribution in [1.29, 1.82) is 0 Å². The van der Waals surface area contributed by atoms with Crippen LogP contribution in [0.5, 0.6) is 0 Å². The minimum Gasteiger partial charge on any atom is -0.501 e. The number of aliphatic hydroxyl groups excluding tert-OH is 1. The zero-order valence-electron chi connectivity index (χ0n) is 10.3. The Labute approximate surface area is 101 Å². The molecule has 1 aliphatic heterocycles. The van der Waals surface area contributed by atoms with Gasteiger partial charge in [0.1, 0.15) is 6.10 Å². The summed E-state index contributed by atoms with van der Waals surface area (Å²) in [4.78, 5) is 0. The Kier molecular flexibility index (Phi) is 3.74. The molecule has 17 heavy (non-hydrogen) atoms. The number of rotatable bonds is 3. The number of aliphatic hydroxyl groups is 1. The third-order valence-electron chi connectivity index (χ3n) is 2.97. The smallest absolute Gasteiger partial charge is 0.105 e. The normalized spacial score (nSPS) is 17.2. The summed E-state index contributed by atoms with van der Waals surface area (Å²) >= 11 is 0. The Morgan fingerprint density at radius 3 is 2.94 bits per heavy atom. The number of hydrogen-bond acceptors (Lipinski definition) is 4. The van der Waals surface area contributed by atoms with Crippen molar-refractivity contribution < 1.29 is 9.84 Å². The number of aryl methyl sites for hydroxylation is 2. The molecule has 0 radical (unpaired) electrons. The fourth-order valence-corrected chi connectivity index (χ4v) is 2.03. The molecule has 1 aliphatic rings. The van der Waals surface area contributed by atoms with Crippen molar-refractivity contribution in [3.05, 3.63) is 34.9 Å². The first-order valence-electron chi connectivity index (χ1n) is 6.04. The summed E-state index contributed by atoms with van der Waals surface area (Å²) < 4.78 is 5.27. The largest absolute Gasteiger partial charge is 0.501 e. The van der Waals surface area contributed by atoms with Gasteiger partial charge in [-0.05, 0) is 37.8 Å². The molecule has 1 N–H and O–H groups in total. The van der Waals surface area contributed by atoms with Gasteiger partial charge in [0.15, 0.2) is 0 Å². The van der Waals surface area contributed by atoms with Gasteiger partial charge >= 0.3 is 0 Å². The third-order valence-corrected chi connectivity index (χ3v) is 2.97. The molecule has 0 spiro atoms. The van der Waals surface area contributed by atoms with Crippen LogP contribution >= 0.6 is 0 Å². The van der Waals surface area contributed by atoms with E-state index in [9.17, 15) is 5.11 Å². The lowest BCUT2D eigenvalue weighted by molar-refractivity contribution is 0.169. The summed E-state index contributed by atoms with van der Waals surface area (Å²) in [5, 5.41) is 18.5. The fourth-order valence-electron chi connectivity index (χ4n) is 2.03. The van der Waals surface area contributed by atoms with Crippen LogP contribution in [0.2, 0.25) is 0 Å². The Balaban J connectivity index is 2.31.